The number of fused-ring (bicyclic) bond motifs is 1. The van der Waals surface area contributed by atoms with Crippen molar-refractivity contribution in [3.63, 3.8) is 0 Å². The Balaban J connectivity index is 0.00000133. The van der Waals surface area contributed by atoms with Gasteiger partial charge in [0.2, 0.25) is 0 Å². The molecule has 2 heteroatoms. The zero-order valence-corrected chi connectivity index (χ0v) is 12.7. The minimum absolute atomic E-state index is 0. The molecule has 1 heterocycles. The maximum atomic E-state index is 4.68. The molecule has 0 aliphatic carbocycles. The van der Waals surface area contributed by atoms with E-state index < -0.39 is 0 Å². The van der Waals surface area contributed by atoms with Gasteiger partial charge in [0.1, 0.15) is 0 Å². The van der Waals surface area contributed by atoms with Crippen LogP contribution in [0.4, 0.5) is 0 Å². The zero-order valence-electron chi connectivity index (χ0n) is 10.3. The topological polar surface area (TPSA) is 12.9 Å². The summed E-state index contributed by atoms with van der Waals surface area (Å²) in [4.78, 5) is 4.68. The van der Waals surface area contributed by atoms with Crippen LogP contribution < -0.4 is 0 Å². The van der Waals surface area contributed by atoms with Crippen molar-refractivity contribution in [2.24, 2.45) is 0 Å². The normalized spacial score (nSPS) is 9.89. The summed E-state index contributed by atoms with van der Waals surface area (Å²) in [6, 6.07) is 20.6. The van der Waals surface area contributed by atoms with Crippen molar-refractivity contribution in [3.8, 4) is 11.3 Å². The fourth-order valence-corrected chi connectivity index (χ4v) is 2.02. The summed E-state index contributed by atoms with van der Waals surface area (Å²) in [5, 5.41) is 1.17. The molecule has 0 N–H and O–H groups in total. The average molecular weight is 424 g/mol. The third kappa shape index (κ3) is 2.81. The molecule has 1 radical (unpaired) electrons. The van der Waals surface area contributed by atoms with E-state index in [0.717, 1.165) is 22.3 Å². The molecule has 0 saturated carbocycles. The number of aromatic nitrogens is 1. The van der Waals surface area contributed by atoms with Gasteiger partial charge in [-0.15, -0.1) is 0 Å². The van der Waals surface area contributed by atoms with Crippen LogP contribution in [0.15, 0.2) is 67.2 Å². The van der Waals surface area contributed by atoms with E-state index >= 15 is 0 Å². The van der Waals surface area contributed by atoms with Crippen molar-refractivity contribution < 1.29 is 20.1 Å². The SMILES string of the molecule is C=Cc1ccc(-c2ccc3ccccc3n2)cc1.[Ir]. The Kier molecular flexibility index (Phi) is 4.26. The Bertz CT molecular complexity index is 702. The maximum absolute atomic E-state index is 4.68. The standard InChI is InChI=1S/C17H13N.Ir/c1-2-13-7-9-15(10-8-13)17-12-11-14-5-3-4-6-16(14)18-17;/h2-12H,1H2;. The van der Waals surface area contributed by atoms with Crippen LogP contribution >= 0.6 is 0 Å². The van der Waals surface area contributed by atoms with Gasteiger partial charge >= 0.3 is 0 Å². The average Bonchev–Trinajstić information content (AvgIpc) is 2.47. The fourth-order valence-electron chi connectivity index (χ4n) is 2.02. The van der Waals surface area contributed by atoms with Crippen molar-refractivity contribution in [2.45, 2.75) is 0 Å². The Morgan fingerprint density at radius 1 is 0.842 bits per heavy atom. The smallest absolute Gasteiger partial charge is 0.0709 e. The van der Waals surface area contributed by atoms with Gasteiger partial charge < -0.3 is 0 Å². The van der Waals surface area contributed by atoms with Gasteiger partial charge in [-0.2, -0.15) is 0 Å². The molecule has 3 aromatic rings. The number of nitrogens with zero attached hydrogens (tertiary/aromatic N) is 1. The van der Waals surface area contributed by atoms with Gasteiger partial charge in [-0.05, 0) is 17.7 Å². The molecule has 0 spiro atoms. The summed E-state index contributed by atoms with van der Waals surface area (Å²) >= 11 is 0. The number of hydrogen-bond acceptors (Lipinski definition) is 1. The van der Waals surface area contributed by atoms with E-state index in [4.69, 9.17) is 0 Å². The second-order valence-electron chi connectivity index (χ2n) is 4.22. The van der Waals surface area contributed by atoms with Crippen molar-refractivity contribution in [1.29, 1.82) is 0 Å². The van der Waals surface area contributed by atoms with E-state index in [2.05, 4.69) is 54.0 Å². The first-order chi connectivity index (χ1) is 8.86. The molecule has 0 saturated heterocycles. The van der Waals surface area contributed by atoms with Crippen molar-refractivity contribution in [2.75, 3.05) is 0 Å². The monoisotopic (exact) mass is 424 g/mol. The molecule has 1 aromatic heterocycles. The number of benzene rings is 2. The summed E-state index contributed by atoms with van der Waals surface area (Å²) in [7, 11) is 0. The molecule has 0 aliphatic heterocycles. The molecule has 2 aromatic carbocycles. The Morgan fingerprint density at radius 3 is 2.32 bits per heavy atom. The predicted molar refractivity (Wildman–Crippen MR) is 77.3 cm³/mol. The number of para-hydroxylation sites is 1. The van der Waals surface area contributed by atoms with E-state index in [1.54, 1.807) is 0 Å². The largest absolute Gasteiger partial charge is 0.248 e. The number of pyridine rings is 1. The van der Waals surface area contributed by atoms with Crippen molar-refractivity contribution in [1.82, 2.24) is 4.98 Å². The third-order valence-electron chi connectivity index (χ3n) is 3.04. The molecule has 3 rings (SSSR count). The van der Waals surface area contributed by atoms with Gasteiger partial charge in [-0.1, -0.05) is 61.2 Å². The first-order valence-electron chi connectivity index (χ1n) is 5.95. The van der Waals surface area contributed by atoms with Crippen LogP contribution in [-0.4, -0.2) is 4.98 Å². The van der Waals surface area contributed by atoms with Gasteiger partial charge in [-0.3, -0.25) is 0 Å². The van der Waals surface area contributed by atoms with Crippen molar-refractivity contribution >= 4 is 17.0 Å². The van der Waals surface area contributed by atoms with Gasteiger partial charge in [0.25, 0.3) is 0 Å². The third-order valence-corrected chi connectivity index (χ3v) is 3.04. The van der Waals surface area contributed by atoms with E-state index in [9.17, 15) is 0 Å². The minimum Gasteiger partial charge on any atom is -0.248 e. The van der Waals surface area contributed by atoms with Crippen LogP contribution in [-0.2, 0) is 20.1 Å². The van der Waals surface area contributed by atoms with Crippen molar-refractivity contribution in [3.05, 3.63) is 72.8 Å². The first kappa shape index (κ1) is 13.7. The van der Waals surface area contributed by atoms with Crippen LogP contribution in [0, 0.1) is 0 Å². The van der Waals surface area contributed by atoms with Crippen LogP contribution in [0.25, 0.3) is 28.2 Å². The molecule has 1 nitrogen and oxygen atoms in total. The molecule has 0 aliphatic rings. The van der Waals surface area contributed by atoms with E-state index in [1.165, 1.54) is 5.39 Å². The predicted octanol–water partition coefficient (Wildman–Crippen LogP) is 4.54. The van der Waals surface area contributed by atoms with Crippen LogP contribution in [0.1, 0.15) is 5.56 Å². The van der Waals surface area contributed by atoms with Gasteiger partial charge in [0, 0.05) is 31.1 Å². The second-order valence-corrected chi connectivity index (χ2v) is 4.22. The number of hydrogen-bond donors (Lipinski definition) is 0. The van der Waals surface area contributed by atoms with E-state index in [-0.39, 0.29) is 20.1 Å². The molecule has 0 atom stereocenters. The fraction of sp³-hybridized carbons (Fsp3) is 0. The van der Waals surface area contributed by atoms with Gasteiger partial charge in [0.05, 0.1) is 11.2 Å². The maximum Gasteiger partial charge on any atom is 0.0709 e. The Morgan fingerprint density at radius 2 is 1.58 bits per heavy atom. The zero-order chi connectivity index (χ0) is 12.4. The second kappa shape index (κ2) is 5.92. The molecule has 19 heavy (non-hydrogen) atoms. The van der Waals surface area contributed by atoms with Crippen LogP contribution in [0.5, 0.6) is 0 Å². The van der Waals surface area contributed by atoms with E-state index in [0.29, 0.717) is 0 Å². The first-order valence-corrected chi connectivity index (χ1v) is 5.95. The molecule has 0 unspecified atom stereocenters. The molecular weight excluding hydrogens is 410 g/mol. The quantitative estimate of drug-likeness (QED) is 0.590. The molecule has 0 amide bonds. The minimum atomic E-state index is 0. The summed E-state index contributed by atoms with van der Waals surface area (Å²) in [5.74, 6) is 0. The Labute approximate surface area is 126 Å². The molecule has 95 valence electrons. The summed E-state index contributed by atoms with van der Waals surface area (Å²) < 4.78 is 0. The Hall–Kier alpha value is -1.76. The van der Waals surface area contributed by atoms with Gasteiger partial charge in [0.15, 0.2) is 0 Å². The van der Waals surface area contributed by atoms with Crippen LogP contribution in [0.3, 0.4) is 0 Å². The molecular formula is C17H13IrN. The summed E-state index contributed by atoms with van der Waals surface area (Å²) in [6.07, 6.45) is 1.84. The molecule has 0 fully saturated rings. The molecule has 0 bridgehead atoms. The van der Waals surface area contributed by atoms with Gasteiger partial charge in [-0.25, -0.2) is 4.98 Å². The number of rotatable bonds is 2. The summed E-state index contributed by atoms with van der Waals surface area (Å²) in [6.45, 7) is 3.76. The van der Waals surface area contributed by atoms with E-state index in [1.807, 2.05) is 24.3 Å². The summed E-state index contributed by atoms with van der Waals surface area (Å²) in [5.41, 5.74) is 4.29. The van der Waals surface area contributed by atoms with Crippen LogP contribution in [0.2, 0.25) is 0 Å².